The van der Waals surface area contributed by atoms with Gasteiger partial charge in [-0.3, -0.25) is 19.7 Å². The Hall–Kier alpha value is -3.24. The number of aliphatic carboxylic acids is 1. The van der Waals surface area contributed by atoms with Gasteiger partial charge in [-0.05, 0) is 24.1 Å². The number of aromatic amines is 1. The van der Waals surface area contributed by atoms with Gasteiger partial charge >= 0.3 is 16.2 Å². The van der Waals surface area contributed by atoms with Gasteiger partial charge in [0.25, 0.3) is 5.56 Å². The summed E-state index contributed by atoms with van der Waals surface area (Å²) in [5, 5.41) is 12.5. The summed E-state index contributed by atoms with van der Waals surface area (Å²) < 4.78 is 28.2. The van der Waals surface area contributed by atoms with Gasteiger partial charge in [-0.15, -0.1) is 4.09 Å². The molecule has 1 atom stereocenters. The monoisotopic (exact) mass is 430 g/mol. The van der Waals surface area contributed by atoms with Crippen LogP contribution in [0.5, 0.6) is 0 Å². The van der Waals surface area contributed by atoms with Crippen molar-refractivity contribution in [1.29, 1.82) is 0 Å². The largest absolute Gasteiger partial charge is 0.481 e. The Morgan fingerprint density at radius 1 is 1.20 bits per heavy atom. The Labute approximate surface area is 173 Å². The molecule has 0 radical (unpaired) electrons. The van der Waals surface area contributed by atoms with E-state index in [1.54, 1.807) is 48.5 Å². The van der Waals surface area contributed by atoms with Crippen molar-refractivity contribution in [2.24, 2.45) is 0 Å². The molecule has 0 saturated heterocycles. The first-order valence-electron chi connectivity index (χ1n) is 9.41. The van der Waals surface area contributed by atoms with Crippen LogP contribution >= 0.6 is 0 Å². The highest BCUT2D eigenvalue weighted by Gasteiger charge is 2.33. The minimum atomic E-state index is -4.24. The first-order valence-corrected chi connectivity index (χ1v) is 10.8. The van der Waals surface area contributed by atoms with Crippen molar-refractivity contribution in [3.63, 3.8) is 0 Å². The summed E-state index contributed by atoms with van der Waals surface area (Å²) in [6, 6.07) is 13.1. The highest BCUT2D eigenvalue weighted by Crippen LogP contribution is 2.29. The smallest absolute Gasteiger partial charge is 0.322 e. The third-order valence-corrected chi connectivity index (χ3v) is 5.85. The number of carbonyl (C=O) groups is 1. The van der Waals surface area contributed by atoms with E-state index in [1.807, 2.05) is 6.92 Å². The van der Waals surface area contributed by atoms with Gasteiger partial charge in [0.2, 0.25) is 0 Å². The van der Waals surface area contributed by atoms with E-state index in [1.165, 1.54) is 6.20 Å². The lowest BCUT2D eigenvalue weighted by Crippen LogP contribution is -2.38. The van der Waals surface area contributed by atoms with Crippen molar-refractivity contribution in [2.45, 2.75) is 25.7 Å². The zero-order valence-corrected chi connectivity index (χ0v) is 17.1. The van der Waals surface area contributed by atoms with Crippen LogP contribution in [-0.4, -0.2) is 40.2 Å². The Kier molecular flexibility index (Phi) is 6.48. The molecule has 2 heterocycles. The molecule has 0 spiro atoms. The second-order valence-electron chi connectivity index (χ2n) is 6.62. The average Bonchev–Trinajstić information content (AvgIpc) is 3.07. The van der Waals surface area contributed by atoms with Gasteiger partial charge in [-0.2, -0.15) is 13.1 Å². The number of benzene rings is 1. The minimum absolute atomic E-state index is 0.0396. The topological polar surface area (TPSA) is 134 Å². The summed E-state index contributed by atoms with van der Waals surface area (Å²) in [5.74, 6) is -2.66. The molecule has 0 aliphatic carbocycles. The van der Waals surface area contributed by atoms with Crippen LogP contribution in [0.25, 0.3) is 11.4 Å². The number of hydrogen-bond donors (Lipinski definition) is 3. The van der Waals surface area contributed by atoms with E-state index in [4.69, 9.17) is 0 Å². The number of carboxylic acids is 1. The maximum Gasteiger partial charge on any atom is 0.322 e. The van der Waals surface area contributed by atoms with Crippen molar-refractivity contribution in [2.75, 3.05) is 6.54 Å². The maximum atomic E-state index is 13.2. The molecule has 3 rings (SSSR count). The van der Waals surface area contributed by atoms with Crippen LogP contribution in [0, 0.1) is 0 Å². The first kappa shape index (κ1) is 21.5. The standard InChI is InChI=1S/C20H22N4O5S/c1-2-3-13-22-30(28,29)24-19(25)17(18(23-24)15-11-7-8-12-21-15)16(20(26)27)14-9-5-4-6-10-14/h4-12,16,22-23H,2-3,13H2,1H3,(H,26,27). The average molecular weight is 430 g/mol. The SMILES string of the molecule is CCCCNS(=O)(=O)n1[nH]c(-c2ccccn2)c(C(C(=O)O)c2ccccc2)c1=O. The third-order valence-electron chi connectivity index (χ3n) is 4.54. The molecule has 1 aromatic carbocycles. The molecule has 30 heavy (non-hydrogen) atoms. The Balaban J connectivity index is 2.24. The molecule has 3 aromatic rings. The zero-order valence-electron chi connectivity index (χ0n) is 16.3. The van der Waals surface area contributed by atoms with E-state index in [2.05, 4.69) is 14.8 Å². The van der Waals surface area contributed by atoms with E-state index < -0.39 is 27.7 Å². The van der Waals surface area contributed by atoms with Crippen LogP contribution < -0.4 is 10.3 Å². The molecular weight excluding hydrogens is 408 g/mol. The Morgan fingerprint density at radius 2 is 1.90 bits per heavy atom. The van der Waals surface area contributed by atoms with E-state index >= 15 is 0 Å². The van der Waals surface area contributed by atoms with Gasteiger partial charge in [0, 0.05) is 12.7 Å². The van der Waals surface area contributed by atoms with E-state index in [-0.39, 0.29) is 23.5 Å². The number of nitrogens with zero attached hydrogens (tertiary/aromatic N) is 2. The number of rotatable bonds is 9. The van der Waals surface area contributed by atoms with Crippen molar-refractivity contribution in [1.82, 2.24) is 18.9 Å². The summed E-state index contributed by atoms with van der Waals surface area (Å²) >= 11 is 0. The lowest BCUT2D eigenvalue weighted by Gasteiger charge is -2.12. The number of H-pyrrole nitrogens is 1. The van der Waals surface area contributed by atoms with Crippen LogP contribution in [0.15, 0.2) is 59.5 Å². The lowest BCUT2D eigenvalue weighted by molar-refractivity contribution is -0.137. The molecule has 3 N–H and O–H groups in total. The fourth-order valence-electron chi connectivity index (χ4n) is 3.09. The van der Waals surface area contributed by atoms with Crippen molar-refractivity contribution in [3.8, 4) is 11.4 Å². The van der Waals surface area contributed by atoms with Crippen molar-refractivity contribution in [3.05, 3.63) is 76.2 Å². The van der Waals surface area contributed by atoms with Gasteiger partial charge in [-0.25, -0.2) is 0 Å². The number of nitrogens with one attached hydrogen (secondary N) is 2. The van der Waals surface area contributed by atoms with Gasteiger partial charge in [0.05, 0.1) is 17.0 Å². The van der Waals surface area contributed by atoms with E-state index in [0.29, 0.717) is 16.1 Å². The van der Waals surface area contributed by atoms with Crippen LogP contribution in [0.3, 0.4) is 0 Å². The Morgan fingerprint density at radius 3 is 2.50 bits per heavy atom. The molecule has 0 bridgehead atoms. The second kappa shape index (κ2) is 9.06. The van der Waals surface area contributed by atoms with Crippen molar-refractivity contribution < 1.29 is 18.3 Å². The summed E-state index contributed by atoms with van der Waals surface area (Å²) in [7, 11) is -4.24. The number of carboxylic acid groups (broad SMARTS) is 1. The minimum Gasteiger partial charge on any atom is -0.481 e. The van der Waals surface area contributed by atoms with E-state index in [9.17, 15) is 23.1 Å². The lowest BCUT2D eigenvalue weighted by atomic mass is 9.90. The van der Waals surface area contributed by atoms with Gasteiger partial charge in [0.15, 0.2) is 0 Å². The highest BCUT2D eigenvalue weighted by atomic mass is 32.2. The number of pyridine rings is 1. The van der Waals surface area contributed by atoms with Crippen LogP contribution in [0.4, 0.5) is 0 Å². The fourth-order valence-corrected chi connectivity index (χ4v) is 4.15. The molecule has 2 aromatic heterocycles. The third kappa shape index (κ3) is 4.34. The number of unbranched alkanes of at least 4 members (excludes halogenated alkanes) is 1. The van der Waals surface area contributed by atoms with Crippen LogP contribution in [0.2, 0.25) is 0 Å². The number of hydrogen-bond acceptors (Lipinski definition) is 5. The van der Waals surface area contributed by atoms with E-state index in [0.717, 1.165) is 6.42 Å². The highest BCUT2D eigenvalue weighted by molar-refractivity contribution is 7.87. The quantitative estimate of drug-likeness (QED) is 0.444. The summed E-state index contributed by atoms with van der Waals surface area (Å²) in [6.07, 6.45) is 2.83. The van der Waals surface area contributed by atoms with Crippen LogP contribution in [0.1, 0.15) is 36.8 Å². The van der Waals surface area contributed by atoms with Crippen molar-refractivity contribution >= 4 is 16.2 Å². The molecule has 0 fully saturated rings. The first-order chi connectivity index (χ1) is 14.4. The molecule has 1 unspecified atom stereocenters. The maximum absolute atomic E-state index is 13.2. The number of aromatic nitrogens is 3. The molecule has 0 aliphatic heterocycles. The Bertz CT molecular complexity index is 1170. The van der Waals surface area contributed by atoms with Gasteiger partial charge in [0.1, 0.15) is 5.92 Å². The zero-order chi connectivity index (χ0) is 21.7. The fraction of sp³-hybridized carbons (Fsp3) is 0.250. The predicted octanol–water partition coefficient (Wildman–Crippen LogP) is 1.94. The molecule has 10 heteroatoms. The molecule has 158 valence electrons. The molecule has 9 nitrogen and oxygen atoms in total. The summed E-state index contributed by atoms with van der Waals surface area (Å²) in [4.78, 5) is 29.5. The summed E-state index contributed by atoms with van der Waals surface area (Å²) in [6.45, 7) is 2.06. The second-order valence-corrected chi connectivity index (χ2v) is 8.22. The molecule has 0 aliphatic rings. The van der Waals surface area contributed by atoms with Gasteiger partial charge < -0.3 is 5.11 Å². The molecule has 0 saturated carbocycles. The van der Waals surface area contributed by atoms with Gasteiger partial charge in [-0.1, -0.05) is 49.7 Å². The summed E-state index contributed by atoms with van der Waals surface area (Å²) in [5.41, 5.74) is -0.516. The van der Waals surface area contributed by atoms with Crippen LogP contribution in [-0.2, 0) is 15.0 Å². The molecular formula is C20H22N4O5S. The normalized spacial score (nSPS) is 12.6. The predicted molar refractivity (Wildman–Crippen MR) is 111 cm³/mol. The molecule has 0 amide bonds.